The zero-order chi connectivity index (χ0) is 15.5. The molecule has 1 heterocycles. The maximum absolute atomic E-state index is 12.5. The smallest absolute Gasteiger partial charge is 0.236 e. The van der Waals surface area contributed by atoms with E-state index in [0.717, 1.165) is 16.9 Å². The Morgan fingerprint density at radius 2 is 1.68 bits per heavy atom. The molecule has 0 aliphatic carbocycles. The molecule has 0 saturated heterocycles. The van der Waals surface area contributed by atoms with Crippen molar-refractivity contribution >= 4 is 28.7 Å². The van der Waals surface area contributed by atoms with Crippen LogP contribution in [0.15, 0.2) is 65.5 Å². The summed E-state index contributed by atoms with van der Waals surface area (Å²) in [6, 6.07) is 17.3. The summed E-state index contributed by atoms with van der Waals surface area (Å²) in [5.41, 5.74) is 1.25. The molecule has 108 valence electrons. The molecular weight excluding hydrogens is 318 g/mol. The van der Waals surface area contributed by atoms with Crippen molar-refractivity contribution in [1.29, 1.82) is 0 Å². The van der Waals surface area contributed by atoms with Crippen molar-refractivity contribution in [2.24, 2.45) is 0 Å². The molecule has 3 rings (SSSR count). The Hall–Kier alpha value is -2.30. The molecule has 3 nitrogen and oxygen atoms in total. The molecule has 0 unspecified atom stereocenters. The minimum absolute atomic E-state index is 0.107. The van der Waals surface area contributed by atoms with E-state index in [2.05, 4.69) is 4.98 Å². The van der Waals surface area contributed by atoms with Crippen LogP contribution < -0.4 is 4.74 Å². The monoisotopic (exact) mass is 327 g/mol. The molecule has 22 heavy (non-hydrogen) atoms. The lowest BCUT2D eigenvalue weighted by atomic mass is 10.1. The SMILES string of the molecule is O=C(c1cc(=O)sc(-c2ccccc2)n1)c1ccccc1Cl. The van der Waals surface area contributed by atoms with Crippen LogP contribution in [0.1, 0.15) is 16.1 Å². The third kappa shape index (κ3) is 2.98. The molecular formula is C17H10ClNO2S. The van der Waals surface area contributed by atoms with E-state index in [1.165, 1.54) is 6.07 Å². The zero-order valence-corrected chi connectivity index (χ0v) is 12.9. The fourth-order valence-corrected chi connectivity index (χ4v) is 2.99. The number of hydrogen-bond acceptors (Lipinski definition) is 4. The lowest BCUT2D eigenvalue weighted by molar-refractivity contribution is 0.103. The van der Waals surface area contributed by atoms with Crippen molar-refractivity contribution in [3.63, 3.8) is 0 Å². The van der Waals surface area contributed by atoms with Crippen molar-refractivity contribution in [2.45, 2.75) is 0 Å². The van der Waals surface area contributed by atoms with E-state index in [1.54, 1.807) is 24.3 Å². The second-order valence-electron chi connectivity index (χ2n) is 4.54. The molecule has 0 amide bonds. The average molecular weight is 328 g/mol. The number of halogens is 1. The summed E-state index contributed by atoms with van der Waals surface area (Å²) in [7, 11) is 0. The van der Waals surface area contributed by atoms with Gasteiger partial charge in [0.05, 0.1) is 5.02 Å². The first-order valence-corrected chi connectivity index (χ1v) is 7.71. The number of carbonyl (C=O) groups is 1. The highest BCUT2D eigenvalue weighted by Crippen LogP contribution is 2.22. The Balaban J connectivity index is 2.09. The Labute approximate surface area is 135 Å². The molecule has 0 radical (unpaired) electrons. The highest BCUT2D eigenvalue weighted by molar-refractivity contribution is 7.12. The summed E-state index contributed by atoms with van der Waals surface area (Å²) < 4.78 is -0.218. The summed E-state index contributed by atoms with van der Waals surface area (Å²) in [6.45, 7) is 0. The van der Waals surface area contributed by atoms with Crippen LogP contribution in [0.4, 0.5) is 0 Å². The van der Waals surface area contributed by atoms with Gasteiger partial charge in [-0.05, 0) is 12.1 Å². The van der Waals surface area contributed by atoms with Crippen LogP contribution in [0.25, 0.3) is 10.6 Å². The van der Waals surface area contributed by atoms with Gasteiger partial charge in [0.25, 0.3) is 0 Å². The first kappa shape index (κ1) is 14.6. The fourth-order valence-electron chi connectivity index (χ4n) is 2.00. The molecule has 0 saturated carbocycles. The van der Waals surface area contributed by atoms with Gasteiger partial charge >= 0.3 is 0 Å². The van der Waals surface area contributed by atoms with Crippen molar-refractivity contribution < 1.29 is 4.79 Å². The van der Waals surface area contributed by atoms with Gasteiger partial charge in [0, 0.05) is 17.2 Å². The first-order valence-electron chi connectivity index (χ1n) is 6.52. The van der Waals surface area contributed by atoms with Crippen LogP contribution >= 0.6 is 22.9 Å². The van der Waals surface area contributed by atoms with E-state index in [1.807, 2.05) is 30.3 Å². The highest BCUT2D eigenvalue weighted by Gasteiger charge is 2.16. The van der Waals surface area contributed by atoms with Crippen LogP contribution in [0, 0.1) is 0 Å². The highest BCUT2D eigenvalue weighted by atomic mass is 35.5. The minimum Gasteiger partial charge on any atom is -0.287 e. The quantitative estimate of drug-likeness (QED) is 0.682. The molecule has 0 bridgehead atoms. The Kier molecular flexibility index (Phi) is 4.13. The molecule has 0 aliphatic heterocycles. The van der Waals surface area contributed by atoms with Gasteiger partial charge < -0.3 is 0 Å². The molecule has 1 aromatic heterocycles. The van der Waals surface area contributed by atoms with E-state index in [4.69, 9.17) is 11.6 Å². The summed E-state index contributed by atoms with van der Waals surface area (Å²) in [6.07, 6.45) is 0. The zero-order valence-electron chi connectivity index (χ0n) is 11.3. The van der Waals surface area contributed by atoms with Gasteiger partial charge in [-0.2, -0.15) is 0 Å². The molecule has 0 spiro atoms. The third-order valence-corrected chi connectivity index (χ3v) is 4.21. The van der Waals surface area contributed by atoms with Crippen LogP contribution in [-0.4, -0.2) is 10.8 Å². The predicted octanol–water partition coefficient (Wildman–Crippen LogP) is 4.05. The van der Waals surface area contributed by atoms with Gasteiger partial charge in [-0.15, -0.1) is 0 Å². The molecule has 0 atom stereocenters. The topological polar surface area (TPSA) is 47.0 Å². The fraction of sp³-hybridized carbons (Fsp3) is 0. The number of carbonyl (C=O) groups excluding carboxylic acids is 1. The standard InChI is InChI=1S/C17H10ClNO2S/c18-13-9-5-4-8-12(13)16(21)14-10-15(20)22-17(19-14)11-6-2-1-3-7-11/h1-10H. The lowest BCUT2D eigenvalue weighted by Crippen LogP contribution is -2.09. The second kappa shape index (κ2) is 6.22. The van der Waals surface area contributed by atoms with Crippen LogP contribution in [-0.2, 0) is 0 Å². The van der Waals surface area contributed by atoms with E-state index >= 15 is 0 Å². The summed E-state index contributed by atoms with van der Waals surface area (Å²) in [5, 5.41) is 0.860. The molecule has 2 aromatic carbocycles. The van der Waals surface area contributed by atoms with E-state index < -0.39 is 0 Å². The van der Waals surface area contributed by atoms with Crippen LogP contribution in [0.2, 0.25) is 5.02 Å². The Morgan fingerprint density at radius 1 is 1.00 bits per heavy atom. The van der Waals surface area contributed by atoms with Crippen LogP contribution in [0.3, 0.4) is 0 Å². The number of rotatable bonds is 3. The van der Waals surface area contributed by atoms with Crippen molar-refractivity contribution in [1.82, 2.24) is 4.98 Å². The Morgan fingerprint density at radius 3 is 2.41 bits per heavy atom. The average Bonchev–Trinajstić information content (AvgIpc) is 2.55. The normalized spacial score (nSPS) is 10.4. The second-order valence-corrected chi connectivity index (χ2v) is 5.94. The minimum atomic E-state index is -0.354. The number of aromatic nitrogens is 1. The summed E-state index contributed by atoms with van der Waals surface area (Å²) >= 11 is 7.05. The lowest BCUT2D eigenvalue weighted by Gasteiger charge is -2.04. The van der Waals surface area contributed by atoms with Gasteiger partial charge in [-0.25, -0.2) is 4.98 Å². The molecule has 5 heteroatoms. The Bertz CT molecular complexity index is 890. The van der Waals surface area contributed by atoms with Gasteiger partial charge in [0.15, 0.2) is 0 Å². The van der Waals surface area contributed by atoms with Crippen molar-refractivity contribution in [3.05, 3.63) is 86.5 Å². The van der Waals surface area contributed by atoms with Crippen molar-refractivity contribution in [3.8, 4) is 10.6 Å². The predicted molar refractivity (Wildman–Crippen MR) is 88.7 cm³/mol. The molecule has 3 aromatic rings. The largest absolute Gasteiger partial charge is 0.287 e. The molecule has 0 fully saturated rings. The van der Waals surface area contributed by atoms with Gasteiger partial charge in [0.2, 0.25) is 10.5 Å². The molecule has 0 aliphatic rings. The summed E-state index contributed by atoms with van der Waals surface area (Å²) in [5.74, 6) is -0.354. The third-order valence-electron chi connectivity index (χ3n) is 3.05. The maximum atomic E-state index is 12.5. The number of nitrogens with zero attached hydrogens (tertiary/aromatic N) is 1. The van der Waals surface area contributed by atoms with Crippen LogP contribution in [0.5, 0.6) is 0 Å². The van der Waals surface area contributed by atoms with Gasteiger partial charge in [0.1, 0.15) is 10.7 Å². The summed E-state index contributed by atoms with van der Waals surface area (Å²) in [4.78, 5) is 28.8. The first-order chi connectivity index (χ1) is 10.6. The van der Waals surface area contributed by atoms with E-state index in [-0.39, 0.29) is 16.2 Å². The number of benzene rings is 2. The van der Waals surface area contributed by atoms with Gasteiger partial charge in [-0.1, -0.05) is 65.4 Å². The van der Waals surface area contributed by atoms with Crippen molar-refractivity contribution in [2.75, 3.05) is 0 Å². The number of hydrogen-bond donors (Lipinski definition) is 0. The maximum Gasteiger partial charge on any atom is 0.236 e. The van der Waals surface area contributed by atoms with Gasteiger partial charge in [-0.3, -0.25) is 9.59 Å². The number of ketones is 1. The van der Waals surface area contributed by atoms with E-state index in [0.29, 0.717) is 15.6 Å². The molecule has 0 N–H and O–H groups in total. The van der Waals surface area contributed by atoms with E-state index in [9.17, 15) is 9.59 Å².